The van der Waals surface area contributed by atoms with Crippen molar-refractivity contribution in [1.82, 2.24) is 19.9 Å². The number of pyridine rings is 2. The van der Waals surface area contributed by atoms with Crippen LogP contribution in [0.2, 0.25) is 0 Å². The van der Waals surface area contributed by atoms with E-state index in [4.69, 9.17) is 0 Å². The second kappa shape index (κ2) is 3.66. The van der Waals surface area contributed by atoms with Gasteiger partial charge in [-0.2, -0.15) is 0 Å². The molecule has 0 unspecified atom stereocenters. The van der Waals surface area contributed by atoms with Gasteiger partial charge in [-0.15, -0.1) is 0 Å². The van der Waals surface area contributed by atoms with Crippen molar-refractivity contribution in [1.29, 1.82) is 0 Å². The zero-order valence-electron chi connectivity index (χ0n) is 9.73. The lowest BCUT2D eigenvalue weighted by atomic mass is 10.3. The van der Waals surface area contributed by atoms with Crippen LogP contribution in [0.5, 0.6) is 0 Å². The van der Waals surface area contributed by atoms with Gasteiger partial charge in [-0.3, -0.25) is 0 Å². The maximum atomic E-state index is 4.44. The summed E-state index contributed by atoms with van der Waals surface area (Å²) >= 11 is 0. The second-order valence-corrected chi connectivity index (χ2v) is 4.13. The van der Waals surface area contributed by atoms with E-state index in [0.29, 0.717) is 0 Å². The van der Waals surface area contributed by atoms with Crippen LogP contribution in [-0.2, 0) is 0 Å². The zero-order chi connectivity index (χ0) is 11.8. The van der Waals surface area contributed by atoms with Crippen LogP contribution in [0.25, 0.3) is 22.7 Å². The summed E-state index contributed by atoms with van der Waals surface area (Å²) < 4.78 is 0. The van der Waals surface area contributed by atoms with Crippen molar-refractivity contribution in [2.45, 2.75) is 13.8 Å². The first-order chi connectivity index (χ1) is 8.22. The third-order valence-corrected chi connectivity index (χ3v) is 2.61. The Labute approximate surface area is 98.8 Å². The number of rotatable bonds is 1. The molecule has 0 aliphatic heterocycles. The number of imidazole rings is 1. The highest BCUT2D eigenvalue weighted by Crippen LogP contribution is 2.18. The molecule has 0 bridgehead atoms. The maximum Gasteiger partial charge on any atom is 0.178 e. The van der Waals surface area contributed by atoms with Crippen LogP contribution in [0, 0.1) is 13.8 Å². The van der Waals surface area contributed by atoms with Crippen LogP contribution in [0.1, 0.15) is 11.3 Å². The average molecular weight is 224 g/mol. The highest BCUT2D eigenvalue weighted by atomic mass is 15.0. The van der Waals surface area contributed by atoms with Crippen LogP contribution in [-0.4, -0.2) is 19.9 Å². The lowest BCUT2D eigenvalue weighted by molar-refractivity contribution is 1.16. The maximum absolute atomic E-state index is 4.44. The third kappa shape index (κ3) is 1.78. The summed E-state index contributed by atoms with van der Waals surface area (Å²) in [5, 5.41) is 0. The third-order valence-electron chi connectivity index (χ3n) is 2.61. The first-order valence-corrected chi connectivity index (χ1v) is 5.49. The van der Waals surface area contributed by atoms with Crippen LogP contribution >= 0.6 is 0 Å². The molecule has 0 spiro atoms. The van der Waals surface area contributed by atoms with Gasteiger partial charge in [0.1, 0.15) is 5.69 Å². The molecular weight excluding hydrogens is 212 g/mol. The molecule has 3 heterocycles. The van der Waals surface area contributed by atoms with Gasteiger partial charge in [0.2, 0.25) is 0 Å². The number of fused-ring (bicyclic) bond motifs is 1. The second-order valence-electron chi connectivity index (χ2n) is 4.13. The molecule has 4 heteroatoms. The predicted octanol–water partition coefficient (Wildman–Crippen LogP) is 2.64. The van der Waals surface area contributed by atoms with Crippen molar-refractivity contribution in [3.8, 4) is 11.5 Å². The number of nitrogens with one attached hydrogen (secondary N) is 1. The number of aryl methyl sites for hydroxylation is 2. The summed E-state index contributed by atoms with van der Waals surface area (Å²) in [7, 11) is 0. The van der Waals surface area contributed by atoms with Crippen LogP contribution in [0.15, 0.2) is 30.5 Å². The van der Waals surface area contributed by atoms with E-state index in [1.807, 2.05) is 44.3 Å². The van der Waals surface area contributed by atoms with Crippen molar-refractivity contribution in [2.75, 3.05) is 0 Å². The van der Waals surface area contributed by atoms with E-state index in [9.17, 15) is 0 Å². The fourth-order valence-electron chi connectivity index (χ4n) is 1.80. The first kappa shape index (κ1) is 9.96. The van der Waals surface area contributed by atoms with Crippen LogP contribution in [0.4, 0.5) is 0 Å². The van der Waals surface area contributed by atoms with Gasteiger partial charge < -0.3 is 4.98 Å². The van der Waals surface area contributed by atoms with E-state index in [2.05, 4.69) is 19.9 Å². The van der Waals surface area contributed by atoms with Gasteiger partial charge in [-0.05, 0) is 37.6 Å². The predicted molar refractivity (Wildman–Crippen MR) is 66.6 cm³/mol. The Morgan fingerprint density at radius 2 is 2.00 bits per heavy atom. The minimum absolute atomic E-state index is 0.730. The molecule has 3 aromatic rings. The van der Waals surface area contributed by atoms with Gasteiger partial charge >= 0.3 is 0 Å². The van der Waals surface area contributed by atoms with Gasteiger partial charge in [0.15, 0.2) is 11.5 Å². The molecule has 84 valence electrons. The standard InChI is InChI=1S/C13H12N4/c1-8-6-11-12(14-7-8)17-13(16-11)10-5-3-4-9(2)15-10/h3-7H,1-2H3,(H,14,16,17). The molecule has 0 saturated carbocycles. The fraction of sp³-hybridized carbons (Fsp3) is 0.154. The fourth-order valence-corrected chi connectivity index (χ4v) is 1.80. The van der Waals surface area contributed by atoms with Gasteiger partial charge in [0.05, 0.1) is 5.52 Å². The molecule has 0 aliphatic carbocycles. The zero-order valence-corrected chi connectivity index (χ0v) is 9.73. The lowest BCUT2D eigenvalue weighted by Crippen LogP contribution is -1.87. The Morgan fingerprint density at radius 3 is 2.82 bits per heavy atom. The Hall–Kier alpha value is -2.23. The average Bonchev–Trinajstić information content (AvgIpc) is 2.72. The SMILES string of the molecule is Cc1cnc2nc(-c3cccc(C)n3)[nH]c2c1. The molecule has 4 nitrogen and oxygen atoms in total. The van der Waals surface area contributed by atoms with Gasteiger partial charge in [-0.1, -0.05) is 6.07 Å². The van der Waals surface area contributed by atoms with E-state index in [0.717, 1.165) is 33.9 Å². The molecule has 17 heavy (non-hydrogen) atoms. The number of hydrogen-bond donors (Lipinski definition) is 1. The monoisotopic (exact) mass is 224 g/mol. The molecule has 3 rings (SSSR count). The van der Waals surface area contributed by atoms with E-state index in [1.54, 1.807) is 0 Å². The van der Waals surface area contributed by atoms with Crippen molar-refractivity contribution in [2.24, 2.45) is 0 Å². The molecule has 0 saturated heterocycles. The molecule has 0 aromatic carbocycles. The van der Waals surface area contributed by atoms with Gasteiger partial charge in [0, 0.05) is 11.9 Å². The lowest BCUT2D eigenvalue weighted by Gasteiger charge is -1.96. The summed E-state index contributed by atoms with van der Waals surface area (Å²) in [5.41, 5.74) is 4.62. The molecule has 1 N–H and O–H groups in total. The summed E-state index contributed by atoms with van der Waals surface area (Å²) in [6.45, 7) is 3.98. The normalized spacial score (nSPS) is 10.9. The number of H-pyrrole nitrogens is 1. The van der Waals surface area contributed by atoms with Gasteiger partial charge in [0.25, 0.3) is 0 Å². The highest BCUT2D eigenvalue weighted by molar-refractivity contribution is 5.75. The van der Waals surface area contributed by atoms with E-state index in [-0.39, 0.29) is 0 Å². The number of aromatic amines is 1. The quantitative estimate of drug-likeness (QED) is 0.691. The number of hydrogen-bond acceptors (Lipinski definition) is 3. The van der Waals surface area contributed by atoms with Crippen molar-refractivity contribution < 1.29 is 0 Å². The number of nitrogens with zero attached hydrogens (tertiary/aromatic N) is 3. The van der Waals surface area contributed by atoms with Crippen molar-refractivity contribution in [3.05, 3.63) is 41.7 Å². The first-order valence-electron chi connectivity index (χ1n) is 5.49. The Balaban J connectivity index is 2.18. The molecule has 0 amide bonds. The van der Waals surface area contributed by atoms with E-state index >= 15 is 0 Å². The van der Waals surface area contributed by atoms with Crippen molar-refractivity contribution >= 4 is 11.2 Å². The molecule has 3 aromatic heterocycles. The molecule has 0 radical (unpaired) electrons. The van der Waals surface area contributed by atoms with Crippen LogP contribution in [0.3, 0.4) is 0 Å². The summed E-state index contributed by atoms with van der Waals surface area (Å²) in [5.74, 6) is 0.766. The molecular formula is C13H12N4. The van der Waals surface area contributed by atoms with E-state index in [1.165, 1.54) is 0 Å². The Morgan fingerprint density at radius 1 is 1.12 bits per heavy atom. The topological polar surface area (TPSA) is 54.5 Å². The number of aromatic nitrogens is 4. The summed E-state index contributed by atoms with van der Waals surface area (Å²) in [4.78, 5) is 16.4. The smallest absolute Gasteiger partial charge is 0.178 e. The van der Waals surface area contributed by atoms with Crippen molar-refractivity contribution in [3.63, 3.8) is 0 Å². The molecule has 0 fully saturated rings. The summed E-state index contributed by atoms with van der Waals surface area (Å²) in [6, 6.07) is 7.92. The summed E-state index contributed by atoms with van der Waals surface area (Å²) in [6.07, 6.45) is 1.82. The Bertz CT molecular complexity index is 685. The van der Waals surface area contributed by atoms with E-state index < -0.39 is 0 Å². The highest BCUT2D eigenvalue weighted by Gasteiger charge is 2.07. The molecule has 0 atom stereocenters. The Kier molecular flexibility index (Phi) is 2.14. The minimum atomic E-state index is 0.730. The largest absolute Gasteiger partial charge is 0.335 e. The molecule has 0 aliphatic rings. The van der Waals surface area contributed by atoms with Gasteiger partial charge in [-0.25, -0.2) is 15.0 Å². The van der Waals surface area contributed by atoms with Crippen LogP contribution < -0.4 is 0 Å². The minimum Gasteiger partial charge on any atom is -0.335 e.